The molecule has 2 atom stereocenters. The predicted molar refractivity (Wildman–Crippen MR) is 152 cm³/mol. The van der Waals surface area contributed by atoms with Crippen molar-refractivity contribution in [3.05, 3.63) is 63.9 Å². The number of carboxylic acids is 1. The van der Waals surface area contributed by atoms with Crippen LogP contribution < -0.4 is 25.3 Å². The molecule has 3 fully saturated rings. The van der Waals surface area contributed by atoms with E-state index in [9.17, 15) is 28.7 Å². The minimum atomic E-state index is -1.34. The molecule has 43 heavy (non-hydrogen) atoms. The van der Waals surface area contributed by atoms with Crippen LogP contribution in [-0.2, 0) is 9.53 Å². The molecule has 1 aromatic heterocycles. The highest BCUT2D eigenvalue weighted by atomic mass is 19.1. The molecule has 3 aliphatic rings. The fraction of sp³-hybridized carbons (Fsp3) is 0.400. The van der Waals surface area contributed by atoms with Gasteiger partial charge in [-0.15, -0.1) is 0 Å². The van der Waals surface area contributed by atoms with Gasteiger partial charge in [0.1, 0.15) is 17.5 Å². The Morgan fingerprint density at radius 2 is 1.88 bits per heavy atom. The molecule has 2 aliphatic heterocycles. The third-order valence-electron chi connectivity index (χ3n) is 8.05. The number of fused-ring (bicyclic) bond motifs is 1. The van der Waals surface area contributed by atoms with Crippen LogP contribution in [0.5, 0.6) is 5.75 Å². The van der Waals surface area contributed by atoms with Crippen molar-refractivity contribution in [1.82, 2.24) is 9.88 Å². The summed E-state index contributed by atoms with van der Waals surface area (Å²) >= 11 is 0. The molecule has 3 aromatic rings. The van der Waals surface area contributed by atoms with Crippen molar-refractivity contribution in [2.45, 2.75) is 38.3 Å². The number of ether oxygens (including phenoxy) is 2. The summed E-state index contributed by atoms with van der Waals surface area (Å²) in [6, 6.07) is 7.00. The highest BCUT2D eigenvalue weighted by Gasteiger charge is 2.33. The van der Waals surface area contributed by atoms with E-state index in [0.717, 1.165) is 18.9 Å². The molecular weight excluding hydrogens is 566 g/mol. The van der Waals surface area contributed by atoms with Gasteiger partial charge in [0, 0.05) is 49.6 Å². The van der Waals surface area contributed by atoms with E-state index in [0.29, 0.717) is 36.4 Å². The zero-order valence-corrected chi connectivity index (χ0v) is 23.3. The van der Waals surface area contributed by atoms with Crippen molar-refractivity contribution in [3.63, 3.8) is 0 Å². The van der Waals surface area contributed by atoms with Crippen LogP contribution in [-0.4, -0.2) is 66.5 Å². The Kier molecular flexibility index (Phi) is 7.40. The number of benzene rings is 2. The smallest absolute Gasteiger partial charge is 0.414 e. The molecule has 0 unspecified atom stereocenters. The summed E-state index contributed by atoms with van der Waals surface area (Å²) in [6.45, 7) is 2.84. The lowest BCUT2D eigenvalue weighted by Crippen LogP contribution is -2.33. The van der Waals surface area contributed by atoms with Gasteiger partial charge in [-0.2, -0.15) is 0 Å². The van der Waals surface area contributed by atoms with Gasteiger partial charge in [0.2, 0.25) is 11.3 Å². The Labute approximate surface area is 244 Å². The number of rotatable bonds is 9. The molecule has 3 heterocycles. The number of carboxylic acid groups (broad SMARTS) is 1. The van der Waals surface area contributed by atoms with Crippen LogP contribution in [0.3, 0.4) is 0 Å². The van der Waals surface area contributed by atoms with Gasteiger partial charge in [0.05, 0.1) is 36.6 Å². The number of cyclic esters (lactones) is 1. The lowest BCUT2D eigenvalue weighted by Gasteiger charge is -2.21. The van der Waals surface area contributed by atoms with Gasteiger partial charge in [-0.05, 0) is 43.5 Å². The molecule has 2 amide bonds. The van der Waals surface area contributed by atoms with Crippen molar-refractivity contribution in [2.24, 2.45) is 5.92 Å². The minimum absolute atomic E-state index is 0.0177. The topological polar surface area (TPSA) is 130 Å². The Hall–Kier alpha value is -4.68. The number of hydrogen-bond donors (Lipinski definition) is 2. The van der Waals surface area contributed by atoms with Gasteiger partial charge < -0.3 is 29.4 Å². The van der Waals surface area contributed by atoms with Crippen LogP contribution in [0.25, 0.3) is 10.9 Å². The second-order valence-electron chi connectivity index (χ2n) is 11.2. The van der Waals surface area contributed by atoms with E-state index in [1.54, 1.807) is 16.7 Å². The van der Waals surface area contributed by atoms with E-state index in [4.69, 9.17) is 9.47 Å². The minimum Gasteiger partial charge on any atom is -0.490 e. The second kappa shape index (κ2) is 11.2. The van der Waals surface area contributed by atoms with Crippen molar-refractivity contribution in [3.8, 4) is 5.75 Å². The number of nitrogens with one attached hydrogen (secondary N) is 1. The number of aromatic carboxylic acids is 1. The number of halogens is 2. The van der Waals surface area contributed by atoms with Crippen LogP contribution in [0.1, 0.15) is 42.6 Å². The average molecular weight is 597 g/mol. The predicted octanol–water partition coefficient (Wildman–Crippen LogP) is 3.68. The lowest BCUT2D eigenvalue weighted by atomic mass is 10.1. The fourth-order valence-corrected chi connectivity index (χ4v) is 5.67. The van der Waals surface area contributed by atoms with Gasteiger partial charge in [0.15, 0.2) is 11.6 Å². The normalized spacial score (nSPS) is 20.0. The van der Waals surface area contributed by atoms with Gasteiger partial charge in [-0.1, -0.05) is 0 Å². The first-order valence-corrected chi connectivity index (χ1v) is 14.1. The van der Waals surface area contributed by atoms with Crippen molar-refractivity contribution >= 4 is 40.2 Å². The van der Waals surface area contributed by atoms with Crippen molar-refractivity contribution in [1.29, 1.82) is 0 Å². The zero-order valence-electron chi connectivity index (χ0n) is 23.3. The Balaban J connectivity index is 1.12. The maximum atomic E-state index is 15.3. The van der Waals surface area contributed by atoms with E-state index in [-0.39, 0.29) is 54.3 Å². The van der Waals surface area contributed by atoms with Crippen LogP contribution in [0, 0.1) is 17.6 Å². The molecule has 11 nitrogen and oxygen atoms in total. The maximum Gasteiger partial charge on any atom is 0.414 e. The number of anilines is 2. The molecule has 2 aromatic carbocycles. The van der Waals surface area contributed by atoms with Crippen LogP contribution in [0.15, 0.2) is 41.3 Å². The Bertz CT molecular complexity index is 1690. The summed E-state index contributed by atoms with van der Waals surface area (Å²) in [4.78, 5) is 50.9. The second-order valence-corrected chi connectivity index (χ2v) is 11.2. The summed E-state index contributed by atoms with van der Waals surface area (Å²) in [6.07, 6.45) is 2.55. The standard InChI is InChI=1S/C30H30F2N4O7/c1-16(37)33-11-20-13-36(30(41)43-20)19-4-5-27(24(32)8-19)42-15-17-6-7-34(12-17)26-10-25-21(9-23(26)31)28(38)22(29(39)40)14-35(25)18-2-3-18/h4-5,8-10,14,17-18,20H,2-3,6-7,11-13,15H2,1H3,(H,33,37)(H,39,40)/t17-,20+/m1/s1. The molecular formula is C30H30F2N4O7. The number of aromatic nitrogens is 1. The molecule has 1 saturated carbocycles. The Morgan fingerprint density at radius 3 is 2.58 bits per heavy atom. The first kappa shape index (κ1) is 28.4. The highest BCUT2D eigenvalue weighted by molar-refractivity contribution is 5.94. The molecule has 13 heteroatoms. The molecule has 6 rings (SSSR count). The quantitative estimate of drug-likeness (QED) is 0.383. The molecule has 1 aliphatic carbocycles. The third kappa shape index (κ3) is 5.71. The molecule has 2 saturated heterocycles. The van der Waals surface area contributed by atoms with Gasteiger partial charge in [-0.25, -0.2) is 18.4 Å². The monoisotopic (exact) mass is 596 g/mol. The van der Waals surface area contributed by atoms with Crippen LogP contribution in [0.2, 0.25) is 0 Å². The van der Waals surface area contributed by atoms with Crippen LogP contribution in [0.4, 0.5) is 25.0 Å². The van der Waals surface area contributed by atoms with E-state index >= 15 is 4.39 Å². The molecule has 0 spiro atoms. The van der Waals surface area contributed by atoms with Crippen molar-refractivity contribution < 1.29 is 37.7 Å². The fourth-order valence-electron chi connectivity index (χ4n) is 5.67. The van der Waals surface area contributed by atoms with Crippen LogP contribution >= 0.6 is 0 Å². The Morgan fingerprint density at radius 1 is 1.09 bits per heavy atom. The number of carbonyl (C=O) groups is 3. The third-order valence-corrected chi connectivity index (χ3v) is 8.05. The summed E-state index contributed by atoms with van der Waals surface area (Å²) < 4.78 is 43.0. The highest BCUT2D eigenvalue weighted by Crippen LogP contribution is 2.39. The number of pyridine rings is 1. The molecule has 226 valence electrons. The SMILES string of the molecule is CC(=O)NC[C@H]1CN(c2ccc(OC[C@@H]3CCN(c4cc5c(cc4F)c(=O)c(C(=O)O)cn5C4CC4)C3)c(F)c2)C(=O)O1. The number of hydrogen-bond acceptors (Lipinski definition) is 7. The molecule has 0 bridgehead atoms. The van der Waals surface area contributed by atoms with E-state index in [2.05, 4.69) is 5.32 Å². The zero-order chi connectivity index (χ0) is 30.4. The lowest BCUT2D eigenvalue weighted by molar-refractivity contribution is -0.119. The first-order chi connectivity index (χ1) is 20.6. The number of amides is 2. The van der Waals surface area contributed by atoms with Gasteiger partial charge in [0.25, 0.3) is 0 Å². The van der Waals surface area contributed by atoms with E-state index in [1.165, 1.54) is 30.2 Å². The average Bonchev–Trinajstić information content (AvgIpc) is 3.58. The summed E-state index contributed by atoms with van der Waals surface area (Å²) in [5, 5.41) is 12.1. The molecule has 2 N–H and O–H groups in total. The van der Waals surface area contributed by atoms with E-state index < -0.39 is 35.2 Å². The first-order valence-electron chi connectivity index (χ1n) is 14.1. The van der Waals surface area contributed by atoms with Crippen molar-refractivity contribution in [2.75, 3.05) is 42.6 Å². The summed E-state index contributed by atoms with van der Waals surface area (Å²) in [5.74, 6) is -2.86. The van der Waals surface area contributed by atoms with E-state index in [1.807, 2.05) is 4.90 Å². The maximum absolute atomic E-state index is 15.3. The molecule has 0 radical (unpaired) electrons. The van der Waals surface area contributed by atoms with Gasteiger partial charge >= 0.3 is 12.1 Å². The largest absolute Gasteiger partial charge is 0.490 e. The number of carbonyl (C=O) groups excluding carboxylic acids is 2. The summed E-state index contributed by atoms with van der Waals surface area (Å²) in [7, 11) is 0. The summed E-state index contributed by atoms with van der Waals surface area (Å²) in [5.41, 5.74) is 0.0312. The number of nitrogens with zero attached hydrogens (tertiary/aromatic N) is 3. The van der Waals surface area contributed by atoms with Gasteiger partial charge in [-0.3, -0.25) is 14.5 Å².